The van der Waals surface area contributed by atoms with Gasteiger partial charge in [0.2, 0.25) is 0 Å². The Bertz CT molecular complexity index is 478. The molecule has 96 valence electrons. The van der Waals surface area contributed by atoms with Gasteiger partial charge in [0.1, 0.15) is 5.82 Å². The number of carbonyl (C=O) groups is 1. The van der Waals surface area contributed by atoms with Crippen molar-refractivity contribution >= 4 is 23.1 Å². The molecule has 2 rings (SSSR count). The van der Waals surface area contributed by atoms with Crippen molar-refractivity contribution in [3.8, 4) is 0 Å². The molecule has 1 aliphatic carbocycles. The van der Waals surface area contributed by atoms with Crippen LogP contribution in [0.3, 0.4) is 0 Å². The molecule has 0 spiro atoms. The molecule has 2 atom stereocenters. The predicted molar refractivity (Wildman–Crippen MR) is 71.8 cm³/mol. The molecule has 1 aliphatic rings. The summed E-state index contributed by atoms with van der Waals surface area (Å²) in [5.74, 6) is -0.639. The van der Waals surface area contributed by atoms with Gasteiger partial charge in [-0.2, -0.15) is 0 Å². The average molecular weight is 266 g/mol. The van der Waals surface area contributed by atoms with Crippen molar-refractivity contribution in [2.45, 2.75) is 25.3 Å². The summed E-state index contributed by atoms with van der Waals surface area (Å²) in [7, 11) is 0. The number of hydrogen-bond donors (Lipinski definition) is 2. The number of amides is 1. The van der Waals surface area contributed by atoms with Crippen LogP contribution in [0.1, 0.15) is 29.6 Å². The monoisotopic (exact) mass is 266 g/mol. The highest BCUT2D eigenvalue weighted by Crippen LogP contribution is 2.26. The van der Waals surface area contributed by atoms with Crippen molar-refractivity contribution in [1.82, 2.24) is 5.32 Å². The summed E-state index contributed by atoms with van der Waals surface area (Å²) < 4.78 is 13.0. The molecule has 0 aliphatic heterocycles. The van der Waals surface area contributed by atoms with Crippen LogP contribution < -0.4 is 11.1 Å². The molecule has 18 heavy (non-hydrogen) atoms. The Morgan fingerprint density at radius 3 is 2.89 bits per heavy atom. The first kappa shape index (κ1) is 13.0. The van der Waals surface area contributed by atoms with Crippen molar-refractivity contribution in [2.75, 3.05) is 0 Å². The van der Waals surface area contributed by atoms with Gasteiger partial charge in [-0.1, -0.05) is 24.7 Å². The lowest BCUT2D eigenvalue weighted by Crippen LogP contribution is -2.41. The minimum Gasteiger partial charge on any atom is -0.393 e. The van der Waals surface area contributed by atoms with Gasteiger partial charge in [0, 0.05) is 17.5 Å². The summed E-state index contributed by atoms with van der Waals surface area (Å²) in [5.41, 5.74) is 5.97. The fourth-order valence-corrected chi connectivity index (χ4v) is 2.64. The normalized spacial score (nSPS) is 22.7. The van der Waals surface area contributed by atoms with E-state index in [4.69, 9.17) is 18.0 Å². The second-order valence-electron chi connectivity index (χ2n) is 4.53. The maximum absolute atomic E-state index is 13.0. The van der Waals surface area contributed by atoms with Crippen molar-refractivity contribution < 1.29 is 9.18 Å². The van der Waals surface area contributed by atoms with Crippen LogP contribution in [0.25, 0.3) is 0 Å². The van der Waals surface area contributed by atoms with E-state index < -0.39 is 5.82 Å². The number of nitrogens with one attached hydrogen (secondary N) is 1. The zero-order valence-electron chi connectivity index (χ0n) is 9.86. The quantitative estimate of drug-likeness (QED) is 0.823. The van der Waals surface area contributed by atoms with E-state index in [0.29, 0.717) is 10.6 Å². The van der Waals surface area contributed by atoms with E-state index in [0.717, 1.165) is 19.3 Å². The predicted octanol–water partition coefficient (Wildman–Crippen LogP) is 2.01. The summed E-state index contributed by atoms with van der Waals surface area (Å²) in [4.78, 5) is 12.4. The first-order valence-electron chi connectivity index (χ1n) is 5.93. The molecule has 5 heteroatoms. The van der Waals surface area contributed by atoms with Gasteiger partial charge in [-0.3, -0.25) is 4.79 Å². The summed E-state index contributed by atoms with van der Waals surface area (Å²) >= 11 is 4.99. The Morgan fingerprint density at radius 2 is 2.22 bits per heavy atom. The third-order valence-electron chi connectivity index (χ3n) is 3.28. The molecule has 0 bridgehead atoms. The molecule has 0 heterocycles. The molecule has 1 fully saturated rings. The maximum Gasteiger partial charge on any atom is 0.251 e. The number of nitrogens with two attached hydrogens (primary N) is 1. The fourth-order valence-electron chi connectivity index (χ4n) is 2.35. The van der Waals surface area contributed by atoms with Crippen LogP contribution in [-0.4, -0.2) is 16.9 Å². The summed E-state index contributed by atoms with van der Waals surface area (Å²) in [6, 6.07) is 5.61. The Kier molecular flexibility index (Phi) is 3.91. The average Bonchev–Trinajstić information content (AvgIpc) is 2.77. The number of hydrogen-bond acceptors (Lipinski definition) is 2. The van der Waals surface area contributed by atoms with Crippen LogP contribution in [0, 0.1) is 11.7 Å². The Labute approximate surface area is 111 Å². The van der Waals surface area contributed by atoms with Gasteiger partial charge in [0.25, 0.3) is 5.91 Å². The number of carbonyl (C=O) groups excluding carboxylic acids is 1. The first-order valence-corrected chi connectivity index (χ1v) is 6.34. The van der Waals surface area contributed by atoms with E-state index in [9.17, 15) is 9.18 Å². The number of benzene rings is 1. The van der Waals surface area contributed by atoms with Crippen molar-refractivity contribution in [2.24, 2.45) is 11.7 Å². The third kappa shape index (κ3) is 2.85. The highest BCUT2D eigenvalue weighted by molar-refractivity contribution is 7.80. The van der Waals surface area contributed by atoms with E-state index in [-0.39, 0.29) is 17.9 Å². The minimum absolute atomic E-state index is 0.0294. The van der Waals surface area contributed by atoms with Crippen LogP contribution in [0.2, 0.25) is 0 Å². The van der Waals surface area contributed by atoms with Crippen LogP contribution in [0.15, 0.2) is 24.3 Å². The lowest BCUT2D eigenvalue weighted by atomic mass is 10.0. The maximum atomic E-state index is 13.0. The zero-order valence-corrected chi connectivity index (χ0v) is 10.7. The molecule has 2 unspecified atom stereocenters. The standard InChI is InChI=1S/C13H15FN2OS/c14-9-4-1-3-8(7-9)13(17)16-11-6-2-5-10(11)12(15)18/h1,3-4,7,10-11H,2,5-6H2,(H2,15,18)(H,16,17). The molecule has 0 radical (unpaired) electrons. The molecule has 1 saturated carbocycles. The van der Waals surface area contributed by atoms with Gasteiger partial charge in [-0.15, -0.1) is 0 Å². The molecule has 1 aromatic carbocycles. The van der Waals surface area contributed by atoms with E-state index in [1.54, 1.807) is 6.07 Å². The lowest BCUT2D eigenvalue weighted by Gasteiger charge is -2.19. The Hall–Kier alpha value is -1.49. The lowest BCUT2D eigenvalue weighted by molar-refractivity contribution is 0.0933. The SMILES string of the molecule is NC(=S)C1CCCC1NC(=O)c1cccc(F)c1. The van der Waals surface area contributed by atoms with Gasteiger partial charge >= 0.3 is 0 Å². The topological polar surface area (TPSA) is 55.1 Å². The van der Waals surface area contributed by atoms with Gasteiger partial charge < -0.3 is 11.1 Å². The van der Waals surface area contributed by atoms with Crippen molar-refractivity contribution in [1.29, 1.82) is 0 Å². The van der Waals surface area contributed by atoms with Gasteiger partial charge in [0.15, 0.2) is 0 Å². The second-order valence-corrected chi connectivity index (χ2v) is 5.00. The molecular formula is C13H15FN2OS. The van der Waals surface area contributed by atoms with Crippen molar-refractivity contribution in [3.63, 3.8) is 0 Å². The Balaban J connectivity index is 2.05. The minimum atomic E-state index is -0.417. The third-order valence-corrected chi connectivity index (χ3v) is 3.59. The van der Waals surface area contributed by atoms with Crippen molar-refractivity contribution in [3.05, 3.63) is 35.6 Å². The molecular weight excluding hydrogens is 251 g/mol. The molecule has 0 saturated heterocycles. The van der Waals surface area contributed by atoms with Crippen LogP contribution in [0.5, 0.6) is 0 Å². The Morgan fingerprint density at radius 1 is 1.44 bits per heavy atom. The highest BCUT2D eigenvalue weighted by Gasteiger charge is 2.30. The van der Waals surface area contributed by atoms with Gasteiger partial charge in [0.05, 0.1) is 4.99 Å². The van der Waals surface area contributed by atoms with Gasteiger partial charge in [-0.25, -0.2) is 4.39 Å². The molecule has 0 aromatic heterocycles. The summed E-state index contributed by atoms with van der Waals surface area (Å²) in [5, 5.41) is 2.88. The first-order chi connectivity index (χ1) is 8.58. The van der Waals surface area contributed by atoms with E-state index >= 15 is 0 Å². The van der Waals surface area contributed by atoms with E-state index in [2.05, 4.69) is 5.32 Å². The zero-order chi connectivity index (χ0) is 13.1. The molecule has 1 amide bonds. The van der Waals surface area contributed by atoms with Gasteiger partial charge in [-0.05, 0) is 31.0 Å². The van der Waals surface area contributed by atoms with E-state index in [1.165, 1.54) is 18.2 Å². The second kappa shape index (κ2) is 5.44. The highest BCUT2D eigenvalue weighted by atomic mass is 32.1. The molecule has 3 nitrogen and oxygen atoms in total. The number of thiocarbonyl (C=S) groups is 1. The number of halogens is 1. The summed E-state index contributed by atoms with van der Waals surface area (Å²) in [6.07, 6.45) is 2.77. The van der Waals surface area contributed by atoms with E-state index in [1.807, 2.05) is 0 Å². The van der Waals surface area contributed by atoms with Crippen LogP contribution >= 0.6 is 12.2 Å². The smallest absolute Gasteiger partial charge is 0.251 e. The van der Waals surface area contributed by atoms with Crippen LogP contribution in [-0.2, 0) is 0 Å². The molecule has 3 N–H and O–H groups in total. The largest absolute Gasteiger partial charge is 0.393 e. The number of rotatable bonds is 3. The molecule has 1 aromatic rings. The fraction of sp³-hybridized carbons (Fsp3) is 0.385. The summed E-state index contributed by atoms with van der Waals surface area (Å²) in [6.45, 7) is 0. The van der Waals surface area contributed by atoms with Crippen LogP contribution in [0.4, 0.5) is 4.39 Å².